The predicted molar refractivity (Wildman–Crippen MR) is 98.5 cm³/mol. The van der Waals surface area contributed by atoms with Crippen LogP contribution in [0.2, 0.25) is 0 Å². The molecule has 134 valence electrons. The maximum atomic E-state index is 9.98. The molecule has 1 atom stereocenters. The molecule has 2 fully saturated rings. The van der Waals surface area contributed by atoms with E-state index < -0.39 is 0 Å². The number of likely N-dealkylation sites (tertiary alicyclic amines) is 1. The van der Waals surface area contributed by atoms with Crippen LogP contribution < -0.4 is 4.90 Å². The Morgan fingerprint density at radius 3 is 2.58 bits per heavy atom. The second kappa shape index (κ2) is 8.32. The second-order valence-electron chi connectivity index (χ2n) is 7.53. The molecule has 0 aliphatic carbocycles. The third kappa shape index (κ3) is 4.11. The molecule has 2 heterocycles. The van der Waals surface area contributed by atoms with Crippen molar-refractivity contribution in [3.8, 4) is 0 Å². The predicted octanol–water partition coefficient (Wildman–Crippen LogP) is 2.77. The van der Waals surface area contributed by atoms with Crippen LogP contribution in [0.25, 0.3) is 0 Å². The van der Waals surface area contributed by atoms with Crippen molar-refractivity contribution in [2.75, 3.05) is 51.4 Å². The molecular weight excluding hydrogens is 300 g/mol. The second-order valence-corrected chi connectivity index (χ2v) is 7.53. The highest BCUT2D eigenvalue weighted by molar-refractivity contribution is 5.46. The van der Waals surface area contributed by atoms with E-state index in [0.717, 1.165) is 39.1 Å². The fourth-order valence-corrected chi connectivity index (χ4v) is 4.42. The number of anilines is 1. The Hall–Kier alpha value is -1.10. The Kier molecular flexibility index (Phi) is 6.14. The zero-order valence-corrected chi connectivity index (χ0v) is 15.0. The number of aliphatic hydroxyl groups excluding tert-OH is 1. The molecule has 4 heteroatoms. The standard InChI is InChI=1S/C20H32N2O2/c1-24-15-11-20(17-23)10-5-12-22(16-20)19-8-13-21(14-9-19)18-6-3-2-4-7-18/h2-4,6-7,19,23H,5,8-17H2,1H3. The van der Waals surface area contributed by atoms with Crippen LogP contribution in [0.3, 0.4) is 0 Å². The minimum absolute atomic E-state index is 0.0465. The third-order valence-electron chi connectivity index (χ3n) is 5.97. The lowest BCUT2D eigenvalue weighted by molar-refractivity contribution is -0.0118. The van der Waals surface area contributed by atoms with Crippen molar-refractivity contribution in [3.63, 3.8) is 0 Å². The molecule has 2 aliphatic heterocycles. The molecule has 24 heavy (non-hydrogen) atoms. The van der Waals surface area contributed by atoms with Gasteiger partial charge in [-0.2, -0.15) is 0 Å². The van der Waals surface area contributed by atoms with Crippen molar-refractivity contribution >= 4 is 5.69 Å². The first kappa shape index (κ1) is 17.7. The number of benzene rings is 1. The lowest BCUT2D eigenvalue weighted by Crippen LogP contribution is -2.53. The fraction of sp³-hybridized carbons (Fsp3) is 0.700. The Labute approximate surface area is 146 Å². The zero-order valence-electron chi connectivity index (χ0n) is 15.0. The first-order valence-electron chi connectivity index (χ1n) is 9.40. The first-order valence-corrected chi connectivity index (χ1v) is 9.40. The molecule has 3 rings (SSSR count). The number of hydrogen-bond acceptors (Lipinski definition) is 4. The van der Waals surface area contributed by atoms with Crippen molar-refractivity contribution < 1.29 is 9.84 Å². The molecule has 2 saturated heterocycles. The van der Waals surface area contributed by atoms with Crippen molar-refractivity contribution in [2.45, 2.75) is 38.1 Å². The van der Waals surface area contributed by atoms with Gasteiger partial charge in [-0.3, -0.25) is 4.90 Å². The number of para-hydroxylation sites is 1. The minimum atomic E-state index is 0.0465. The zero-order chi connectivity index (χ0) is 16.8. The number of rotatable bonds is 6. The summed E-state index contributed by atoms with van der Waals surface area (Å²) in [4.78, 5) is 5.16. The summed E-state index contributed by atoms with van der Waals surface area (Å²) < 4.78 is 5.28. The van der Waals surface area contributed by atoms with Gasteiger partial charge >= 0.3 is 0 Å². The highest BCUT2D eigenvalue weighted by Gasteiger charge is 2.37. The summed E-state index contributed by atoms with van der Waals surface area (Å²) in [6, 6.07) is 11.4. The van der Waals surface area contributed by atoms with Crippen molar-refractivity contribution in [1.29, 1.82) is 0 Å². The van der Waals surface area contributed by atoms with E-state index in [1.807, 2.05) is 0 Å². The Balaban J connectivity index is 1.56. The molecule has 1 N–H and O–H groups in total. The fourth-order valence-electron chi connectivity index (χ4n) is 4.42. The van der Waals surface area contributed by atoms with E-state index in [1.54, 1.807) is 7.11 Å². The topological polar surface area (TPSA) is 35.9 Å². The van der Waals surface area contributed by atoms with E-state index in [-0.39, 0.29) is 12.0 Å². The average Bonchev–Trinajstić information content (AvgIpc) is 2.67. The van der Waals surface area contributed by atoms with E-state index in [4.69, 9.17) is 4.74 Å². The van der Waals surface area contributed by atoms with Gasteiger partial charge in [-0.15, -0.1) is 0 Å². The monoisotopic (exact) mass is 332 g/mol. The molecule has 1 aromatic carbocycles. The van der Waals surface area contributed by atoms with Gasteiger partial charge < -0.3 is 14.7 Å². The smallest absolute Gasteiger partial charge is 0.0500 e. The van der Waals surface area contributed by atoms with Gasteiger partial charge in [0.15, 0.2) is 0 Å². The van der Waals surface area contributed by atoms with Crippen LogP contribution in [0.4, 0.5) is 5.69 Å². The number of aliphatic hydroxyl groups is 1. The Morgan fingerprint density at radius 2 is 1.92 bits per heavy atom. The molecule has 1 unspecified atom stereocenters. The van der Waals surface area contributed by atoms with Crippen molar-refractivity contribution in [3.05, 3.63) is 30.3 Å². The van der Waals surface area contributed by atoms with E-state index in [1.165, 1.54) is 31.5 Å². The van der Waals surface area contributed by atoms with Crippen LogP contribution in [0.15, 0.2) is 30.3 Å². The molecule has 0 spiro atoms. The third-order valence-corrected chi connectivity index (χ3v) is 5.97. The van der Waals surface area contributed by atoms with E-state index in [0.29, 0.717) is 6.04 Å². The number of ether oxygens (including phenoxy) is 1. The maximum absolute atomic E-state index is 9.98. The van der Waals surface area contributed by atoms with Crippen molar-refractivity contribution in [2.24, 2.45) is 5.41 Å². The number of nitrogens with zero attached hydrogens (tertiary/aromatic N) is 2. The van der Waals surface area contributed by atoms with E-state index in [2.05, 4.69) is 40.1 Å². The van der Waals surface area contributed by atoms with Gasteiger partial charge in [-0.25, -0.2) is 0 Å². The van der Waals surface area contributed by atoms with Crippen LogP contribution in [0.5, 0.6) is 0 Å². The van der Waals surface area contributed by atoms with Gasteiger partial charge in [-0.1, -0.05) is 18.2 Å². The molecule has 0 bridgehead atoms. The summed E-state index contributed by atoms with van der Waals surface area (Å²) in [5.41, 5.74) is 1.39. The maximum Gasteiger partial charge on any atom is 0.0500 e. The number of hydrogen-bond donors (Lipinski definition) is 1. The summed E-state index contributed by atoms with van der Waals surface area (Å²) in [5.74, 6) is 0. The Bertz CT molecular complexity index is 488. The highest BCUT2D eigenvalue weighted by atomic mass is 16.5. The normalized spacial score (nSPS) is 26.7. The van der Waals surface area contributed by atoms with Crippen LogP contribution >= 0.6 is 0 Å². The summed E-state index contributed by atoms with van der Waals surface area (Å²) >= 11 is 0. The summed E-state index contributed by atoms with van der Waals surface area (Å²) in [6.07, 6.45) is 5.75. The van der Waals surface area contributed by atoms with Gasteiger partial charge in [0, 0.05) is 50.5 Å². The van der Waals surface area contributed by atoms with E-state index >= 15 is 0 Å². The van der Waals surface area contributed by atoms with Crippen molar-refractivity contribution in [1.82, 2.24) is 4.90 Å². The van der Waals surface area contributed by atoms with Gasteiger partial charge in [0.25, 0.3) is 0 Å². The summed E-state index contributed by atoms with van der Waals surface area (Å²) in [5, 5.41) is 9.98. The van der Waals surface area contributed by atoms with E-state index in [9.17, 15) is 5.11 Å². The molecule has 0 amide bonds. The van der Waals surface area contributed by atoms with Crippen LogP contribution in [0, 0.1) is 5.41 Å². The Morgan fingerprint density at radius 1 is 1.17 bits per heavy atom. The molecule has 0 saturated carbocycles. The lowest BCUT2D eigenvalue weighted by Gasteiger charge is -2.47. The SMILES string of the molecule is COCCC1(CO)CCCN(C2CCN(c3ccccc3)CC2)C1. The quantitative estimate of drug-likeness (QED) is 0.869. The van der Waals surface area contributed by atoms with Crippen LogP contribution in [-0.4, -0.2) is 62.6 Å². The summed E-state index contributed by atoms with van der Waals surface area (Å²) in [6.45, 7) is 5.52. The lowest BCUT2D eigenvalue weighted by atomic mass is 9.77. The molecule has 0 aromatic heterocycles. The van der Waals surface area contributed by atoms with Gasteiger partial charge in [0.2, 0.25) is 0 Å². The largest absolute Gasteiger partial charge is 0.396 e. The molecule has 4 nitrogen and oxygen atoms in total. The molecule has 2 aliphatic rings. The molecular formula is C20H32N2O2. The van der Waals surface area contributed by atoms with Gasteiger partial charge in [0.1, 0.15) is 0 Å². The van der Waals surface area contributed by atoms with Crippen LogP contribution in [0.1, 0.15) is 32.1 Å². The number of methoxy groups -OCH3 is 1. The molecule has 0 radical (unpaired) electrons. The van der Waals surface area contributed by atoms with Gasteiger partial charge in [-0.05, 0) is 50.8 Å². The molecule has 1 aromatic rings. The minimum Gasteiger partial charge on any atom is -0.396 e. The number of piperidine rings is 2. The van der Waals surface area contributed by atoms with Gasteiger partial charge in [0.05, 0.1) is 6.61 Å². The average molecular weight is 332 g/mol. The first-order chi connectivity index (χ1) is 11.8. The van der Waals surface area contributed by atoms with Crippen LogP contribution in [-0.2, 0) is 4.74 Å². The highest BCUT2D eigenvalue weighted by Crippen LogP contribution is 2.35. The summed E-state index contributed by atoms with van der Waals surface area (Å²) in [7, 11) is 1.75.